The predicted octanol–water partition coefficient (Wildman–Crippen LogP) is 2.39. The summed E-state index contributed by atoms with van der Waals surface area (Å²) < 4.78 is 5.26. The fraction of sp³-hybridized carbons (Fsp3) is 0.455. The quantitative estimate of drug-likeness (QED) is 0.886. The van der Waals surface area contributed by atoms with Crippen molar-refractivity contribution in [3.05, 3.63) is 27.7 Å². The molecule has 1 aromatic carbocycles. The minimum absolute atomic E-state index is 0.533. The van der Waals surface area contributed by atoms with E-state index in [4.69, 9.17) is 33.7 Å². The van der Waals surface area contributed by atoms with Gasteiger partial charge >= 0.3 is 0 Å². The second-order valence-corrected chi connectivity index (χ2v) is 4.45. The molecule has 0 aliphatic rings. The van der Waals surface area contributed by atoms with Gasteiger partial charge in [-0.25, -0.2) is 0 Å². The van der Waals surface area contributed by atoms with Crippen LogP contribution in [0.15, 0.2) is 12.1 Å². The highest BCUT2D eigenvalue weighted by Gasteiger charge is 2.11. The van der Waals surface area contributed by atoms with Gasteiger partial charge < -0.3 is 15.4 Å². The van der Waals surface area contributed by atoms with Crippen molar-refractivity contribution < 1.29 is 4.74 Å². The number of methoxy groups -OCH3 is 1. The van der Waals surface area contributed by atoms with Gasteiger partial charge in [0.05, 0.1) is 12.1 Å². The topological polar surface area (TPSA) is 38.5 Å². The number of hydrogen-bond acceptors (Lipinski definition) is 3. The standard InChI is InChI=1S/C11H16Cl2N2O/c1-15(4-3-14)7-8-5-9(12)6-10(13)11(8)16-2/h5-6H,3-4,7,14H2,1-2H3. The maximum absolute atomic E-state index is 6.04. The Kier molecular flexibility index (Phi) is 5.35. The van der Waals surface area contributed by atoms with Crippen molar-refractivity contribution in [2.24, 2.45) is 5.73 Å². The van der Waals surface area contributed by atoms with E-state index in [9.17, 15) is 0 Å². The Morgan fingerprint density at radius 3 is 2.62 bits per heavy atom. The van der Waals surface area contributed by atoms with E-state index in [0.717, 1.165) is 12.1 Å². The van der Waals surface area contributed by atoms with E-state index in [2.05, 4.69) is 4.90 Å². The van der Waals surface area contributed by atoms with Crippen LogP contribution in [0.5, 0.6) is 5.75 Å². The van der Waals surface area contributed by atoms with Crippen molar-refractivity contribution in [1.82, 2.24) is 4.90 Å². The molecule has 16 heavy (non-hydrogen) atoms. The lowest BCUT2D eigenvalue weighted by Gasteiger charge is -2.18. The number of likely N-dealkylation sites (N-methyl/N-ethyl adjacent to an activating group) is 1. The fourth-order valence-corrected chi connectivity index (χ4v) is 2.16. The summed E-state index contributed by atoms with van der Waals surface area (Å²) in [5.74, 6) is 0.676. The maximum Gasteiger partial charge on any atom is 0.142 e. The minimum Gasteiger partial charge on any atom is -0.495 e. The van der Waals surface area contributed by atoms with Crippen molar-refractivity contribution in [2.45, 2.75) is 6.54 Å². The second-order valence-electron chi connectivity index (χ2n) is 3.61. The van der Waals surface area contributed by atoms with E-state index in [1.165, 1.54) is 0 Å². The van der Waals surface area contributed by atoms with Crippen molar-refractivity contribution >= 4 is 23.2 Å². The van der Waals surface area contributed by atoms with Crippen LogP contribution in [0.2, 0.25) is 10.0 Å². The summed E-state index contributed by atoms with van der Waals surface area (Å²) >= 11 is 12.0. The molecular formula is C11H16Cl2N2O. The van der Waals surface area contributed by atoms with Gasteiger partial charge in [-0.15, -0.1) is 0 Å². The van der Waals surface area contributed by atoms with Crippen molar-refractivity contribution in [1.29, 1.82) is 0 Å². The van der Waals surface area contributed by atoms with Gasteiger partial charge in [0.25, 0.3) is 0 Å². The van der Waals surface area contributed by atoms with E-state index in [-0.39, 0.29) is 0 Å². The number of nitrogens with two attached hydrogens (primary N) is 1. The summed E-state index contributed by atoms with van der Waals surface area (Å²) in [5.41, 5.74) is 6.46. The van der Waals surface area contributed by atoms with Gasteiger partial charge in [-0.3, -0.25) is 0 Å². The molecule has 0 unspecified atom stereocenters. The molecule has 0 atom stereocenters. The fourth-order valence-electron chi connectivity index (χ4n) is 1.55. The number of hydrogen-bond donors (Lipinski definition) is 1. The number of nitrogens with zero attached hydrogens (tertiary/aromatic N) is 1. The molecule has 0 spiro atoms. The van der Waals surface area contributed by atoms with Crippen LogP contribution in [0.25, 0.3) is 0 Å². The van der Waals surface area contributed by atoms with Crippen LogP contribution in [0.3, 0.4) is 0 Å². The van der Waals surface area contributed by atoms with Crippen LogP contribution in [-0.4, -0.2) is 32.1 Å². The summed E-state index contributed by atoms with van der Waals surface area (Å²) in [6.07, 6.45) is 0. The second kappa shape index (κ2) is 6.30. The van der Waals surface area contributed by atoms with Gasteiger partial charge in [-0.05, 0) is 19.2 Å². The molecule has 0 saturated carbocycles. The average Bonchev–Trinajstić information content (AvgIpc) is 2.17. The largest absolute Gasteiger partial charge is 0.495 e. The van der Waals surface area contributed by atoms with Crippen molar-refractivity contribution in [3.63, 3.8) is 0 Å². The van der Waals surface area contributed by atoms with Crippen LogP contribution in [-0.2, 0) is 6.54 Å². The maximum atomic E-state index is 6.04. The van der Waals surface area contributed by atoms with E-state index < -0.39 is 0 Å². The SMILES string of the molecule is COc1c(Cl)cc(Cl)cc1CN(C)CCN. The highest BCUT2D eigenvalue weighted by atomic mass is 35.5. The summed E-state index contributed by atoms with van der Waals surface area (Å²) in [4.78, 5) is 2.09. The zero-order valence-electron chi connectivity index (χ0n) is 9.46. The third-order valence-corrected chi connectivity index (χ3v) is 2.74. The Morgan fingerprint density at radius 1 is 1.38 bits per heavy atom. The molecule has 0 saturated heterocycles. The van der Waals surface area contributed by atoms with Gasteiger partial charge in [0, 0.05) is 30.2 Å². The van der Waals surface area contributed by atoms with Crippen LogP contribution in [0.4, 0.5) is 0 Å². The first-order valence-electron chi connectivity index (χ1n) is 4.99. The van der Waals surface area contributed by atoms with Crippen LogP contribution in [0, 0.1) is 0 Å². The number of ether oxygens (including phenoxy) is 1. The molecule has 0 aromatic heterocycles. The Balaban J connectivity index is 2.93. The van der Waals surface area contributed by atoms with Crippen LogP contribution < -0.4 is 10.5 Å². The zero-order valence-corrected chi connectivity index (χ0v) is 11.0. The molecule has 0 heterocycles. The molecule has 0 amide bonds. The number of benzene rings is 1. The lowest BCUT2D eigenvalue weighted by molar-refractivity contribution is 0.325. The molecule has 1 rings (SSSR count). The first-order valence-corrected chi connectivity index (χ1v) is 5.74. The van der Waals surface area contributed by atoms with Crippen molar-refractivity contribution in [3.8, 4) is 5.75 Å². The average molecular weight is 263 g/mol. The monoisotopic (exact) mass is 262 g/mol. The summed E-state index contributed by atoms with van der Waals surface area (Å²) in [5, 5.41) is 1.15. The Bertz CT molecular complexity index is 358. The van der Waals surface area contributed by atoms with E-state index in [1.54, 1.807) is 13.2 Å². The van der Waals surface area contributed by atoms with Gasteiger partial charge in [-0.2, -0.15) is 0 Å². The molecule has 0 fully saturated rings. The smallest absolute Gasteiger partial charge is 0.142 e. The Hall–Kier alpha value is -0.480. The number of rotatable bonds is 5. The molecule has 2 N–H and O–H groups in total. The Labute approximate surface area is 106 Å². The van der Waals surface area contributed by atoms with Gasteiger partial charge in [0.2, 0.25) is 0 Å². The lowest BCUT2D eigenvalue weighted by atomic mass is 10.2. The third-order valence-electron chi connectivity index (χ3n) is 2.24. The summed E-state index contributed by atoms with van der Waals surface area (Å²) in [6, 6.07) is 3.54. The van der Waals surface area contributed by atoms with E-state index in [1.807, 2.05) is 13.1 Å². The molecule has 1 aromatic rings. The molecule has 0 bridgehead atoms. The van der Waals surface area contributed by atoms with Gasteiger partial charge in [0.1, 0.15) is 5.75 Å². The van der Waals surface area contributed by atoms with E-state index >= 15 is 0 Å². The molecular weight excluding hydrogens is 247 g/mol. The van der Waals surface area contributed by atoms with Crippen LogP contribution in [0.1, 0.15) is 5.56 Å². The zero-order chi connectivity index (χ0) is 12.1. The van der Waals surface area contributed by atoms with Gasteiger partial charge in [0.15, 0.2) is 0 Å². The predicted molar refractivity (Wildman–Crippen MR) is 68.4 cm³/mol. The van der Waals surface area contributed by atoms with Crippen molar-refractivity contribution in [2.75, 3.05) is 27.2 Å². The van der Waals surface area contributed by atoms with E-state index in [0.29, 0.717) is 28.9 Å². The molecule has 0 aliphatic heterocycles. The molecule has 0 radical (unpaired) electrons. The first-order chi connectivity index (χ1) is 7.58. The number of halogens is 2. The minimum atomic E-state index is 0.533. The highest BCUT2D eigenvalue weighted by molar-refractivity contribution is 6.35. The lowest BCUT2D eigenvalue weighted by Crippen LogP contribution is -2.25. The molecule has 3 nitrogen and oxygen atoms in total. The van der Waals surface area contributed by atoms with Crippen LogP contribution >= 0.6 is 23.2 Å². The normalized spacial score (nSPS) is 10.9. The molecule has 5 heteroatoms. The highest BCUT2D eigenvalue weighted by Crippen LogP contribution is 2.32. The van der Waals surface area contributed by atoms with Gasteiger partial charge in [-0.1, -0.05) is 23.2 Å². The molecule has 0 aliphatic carbocycles. The Morgan fingerprint density at radius 2 is 2.06 bits per heavy atom. The molecule has 90 valence electrons. The third kappa shape index (κ3) is 3.52. The summed E-state index contributed by atoms with van der Waals surface area (Å²) in [6.45, 7) is 2.14. The summed E-state index contributed by atoms with van der Waals surface area (Å²) in [7, 11) is 3.59. The first kappa shape index (κ1) is 13.6.